The Morgan fingerprint density at radius 3 is 2.10 bits per heavy atom. The lowest BCUT2D eigenvalue weighted by atomic mass is 9.99. The predicted molar refractivity (Wildman–Crippen MR) is 114 cm³/mol. The van der Waals surface area contributed by atoms with Crippen LogP contribution in [0, 0.1) is 5.82 Å². The van der Waals surface area contributed by atoms with E-state index in [0.717, 1.165) is 34.1 Å². The number of halogens is 1. The van der Waals surface area contributed by atoms with Crippen molar-refractivity contribution in [3.8, 4) is 0 Å². The maximum Gasteiger partial charge on any atom is 0.321 e. The molecule has 1 unspecified atom stereocenters. The number of amides is 1. The fourth-order valence-corrected chi connectivity index (χ4v) is 3.90. The van der Waals surface area contributed by atoms with E-state index in [1.807, 2.05) is 31.2 Å². The van der Waals surface area contributed by atoms with Gasteiger partial charge in [-0.1, -0.05) is 38.1 Å². The Labute approximate surface area is 182 Å². The molecule has 0 heterocycles. The molecule has 0 aromatic heterocycles. The average Bonchev–Trinajstić information content (AvgIpc) is 2.72. The van der Waals surface area contributed by atoms with Crippen LogP contribution in [0.3, 0.4) is 0 Å². The van der Waals surface area contributed by atoms with Crippen molar-refractivity contribution in [1.82, 2.24) is 9.62 Å². The highest BCUT2D eigenvalue weighted by Crippen LogP contribution is 2.18. The van der Waals surface area contributed by atoms with Crippen LogP contribution in [-0.2, 0) is 24.3 Å². The maximum atomic E-state index is 13.0. The van der Waals surface area contributed by atoms with Crippen molar-refractivity contribution in [2.24, 2.45) is 0 Å². The number of nitrogens with zero attached hydrogens (tertiary/aromatic N) is 1. The Kier molecular flexibility index (Phi) is 8.29. The molecule has 0 aliphatic heterocycles. The van der Waals surface area contributed by atoms with Crippen molar-refractivity contribution in [2.75, 3.05) is 20.2 Å². The Bertz CT molecular complexity index is 1010. The van der Waals surface area contributed by atoms with Crippen LogP contribution in [0.2, 0.25) is 0 Å². The fraction of sp³-hybridized carbons (Fsp3) is 0.364. The van der Waals surface area contributed by atoms with Gasteiger partial charge >= 0.3 is 5.97 Å². The summed E-state index contributed by atoms with van der Waals surface area (Å²) in [7, 11) is -2.79. The van der Waals surface area contributed by atoms with Crippen molar-refractivity contribution in [3.05, 3.63) is 65.5 Å². The minimum Gasteiger partial charge on any atom is -0.455 e. The number of hydrogen-bond acceptors (Lipinski definition) is 5. The topological polar surface area (TPSA) is 92.8 Å². The van der Waals surface area contributed by atoms with Gasteiger partial charge in [-0.15, -0.1) is 0 Å². The molecule has 2 aromatic carbocycles. The normalized spacial score (nSPS) is 12.6. The molecule has 1 N–H and O–H groups in total. The van der Waals surface area contributed by atoms with Crippen LogP contribution in [0.4, 0.5) is 4.39 Å². The lowest BCUT2D eigenvalue weighted by Crippen LogP contribution is -2.36. The maximum absolute atomic E-state index is 13.0. The predicted octanol–water partition coefficient (Wildman–Crippen LogP) is 2.99. The van der Waals surface area contributed by atoms with E-state index in [1.54, 1.807) is 0 Å². The summed E-state index contributed by atoms with van der Waals surface area (Å²) >= 11 is 0. The van der Waals surface area contributed by atoms with Crippen LogP contribution < -0.4 is 5.32 Å². The Morgan fingerprint density at radius 1 is 1.00 bits per heavy atom. The van der Waals surface area contributed by atoms with Gasteiger partial charge in [0.05, 0.1) is 10.9 Å². The van der Waals surface area contributed by atoms with Crippen LogP contribution in [0.25, 0.3) is 0 Å². The molecule has 1 atom stereocenters. The lowest BCUT2D eigenvalue weighted by molar-refractivity contribution is -0.148. The van der Waals surface area contributed by atoms with Gasteiger partial charge < -0.3 is 10.1 Å². The molecule has 1 amide bonds. The van der Waals surface area contributed by atoms with Gasteiger partial charge in [-0.3, -0.25) is 9.59 Å². The number of rotatable bonds is 9. The zero-order valence-electron chi connectivity index (χ0n) is 18.0. The van der Waals surface area contributed by atoms with Gasteiger partial charge in [-0.25, -0.2) is 12.8 Å². The number of ether oxygens (including phenoxy) is 1. The van der Waals surface area contributed by atoms with Crippen molar-refractivity contribution in [1.29, 1.82) is 0 Å². The molecule has 168 valence electrons. The zero-order chi connectivity index (χ0) is 23.2. The molecule has 0 bridgehead atoms. The third-order valence-corrected chi connectivity index (χ3v) is 6.54. The van der Waals surface area contributed by atoms with E-state index in [2.05, 4.69) is 19.2 Å². The molecule has 0 aliphatic rings. The summed E-state index contributed by atoms with van der Waals surface area (Å²) in [6.45, 7) is 4.89. The van der Waals surface area contributed by atoms with Gasteiger partial charge in [0.15, 0.2) is 6.61 Å². The van der Waals surface area contributed by atoms with Crippen LogP contribution >= 0.6 is 0 Å². The van der Waals surface area contributed by atoms with Crippen molar-refractivity contribution in [2.45, 2.75) is 37.6 Å². The standard InChI is InChI=1S/C22H27FN2O5S/c1-15(2)17-5-7-18(8-6-17)16(3)24-21(26)14-30-22(27)13-25(4)31(28,29)20-11-9-19(23)10-12-20/h5-12,15-16H,13-14H2,1-4H3,(H,24,26). The molecule has 0 spiro atoms. The summed E-state index contributed by atoms with van der Waals surface area (Å²) in [4.78, 5) is 23.9. The number of carbonyl (C=O) groups excluding carboxylic acids is 2. The second-order valence-corrected chi connectivity index (χ2v) is 9.53. The largest absolute Gasteiger partial charge is 0.455 e. The number of hydrogen-bond donors (Lipinski definition) is 1. The first-order chi connectivity index (χ1) is 14.5. The van der Waals surface area contributed by atoms with Crippen molar-refractivity contribution in [3.63, 3.8) is 0 Å². The molecular weight excluding hydrogens is 423 g/mol. The van der Waals surface area contributed by atoms with Gasteiger partial charge in [-0.2, -0.15) is 4.31 Å². The number of nitrogens with one attached hydrogen (secondary N) is 1. The molecule has 0 radical (unpaired) electrons. The van der Waals surface area contributed by atoms with Crippen molar-refractivity contribution >= 4 is 21.9 Å². The minimum absolute atomic E-state index is 0.153. The van der Waals surface area contributed by atoms with Crippen LogP contribution in [0.1, 0.15) is 43.9 Å². The zero-order valence-corrected chi connectivity index (χ0v) is 18.8. The monoisotopic (exact) mass is 450 g/mol. The van der Waals surface area contributed by atoms with Gasteiger partial charge in [0.25, 0.3) is 5.91 Å². The molecule has 9 heteroatoms. The molecule has 7 nitrogen and oxygen atoms in total. The lowest BCUT2D eigenvalue weighted by Gasteiger charge is -2.17. The summed E-state index contributed by atoms with van der Waals surface area (Å²) in [6, 6.07) is 11.8. The number of sulfonamides is 1. The summed E-state index contributed by atoms with van der Waals surface area (Å²) in [5.74, 6) is -1.55. The van der Waals surface area contributed by atoms with Crippen LogP contribution in [-0.4, -0.2) is 44.8 Å². The van der Waals surface area contributed by atoms with Crippen LogP contribution in [0.15, 0.2) is 53.4 Å². The molecule has 2 aromatic rings. The number of carbonyl (C=O) groups is 2. The van der Waals surface area contributed by atoms with E-state index in [-0.39, 0.29) is 10.9 Å². The smallest absolute Gasteiger partial charge is 0.321 e. The molecule has 2 rings (SSSR count). The second kappa shape index (κ2) is 10.5. The fourth-order valence-electron chi connectivity index (χ4n) is 2.78. The van der Waals surface area contributed by atoms with E-state index >= 15 is 0 Å². The Hall–Kier alpha value is -2.78. The van der Waals surface area contributed by atoms with E-state index < -0.39 is 40.9 Å². The van der Waals surface area contributed by atoms with E-state index in [4.69, 9.17) is 4.74 Å². The Morgan fingerprint density at radius 2 is 1.55 bits per heavy atom. The summed E-state index contributed by atoms with van der Waals surface area (Å²) in [5.41, 5.74) is 2.10. The first kappa shape index (κ1) is 24.5. The van der Waals surface area contributed by atoms with Crippen LogP contribution in [0.5, 0.6) is 0 Å². The molecule has 0 saturated carbocycles. The molecule has 0 saturated heterocycles. The number of likely N-dealkylation sites (N-methyl/N-ethyl adjacent to an activating group) is 1. The highest BCUT2D eigenvalue weighted by atomic mass is 32.2. The highest BCUT2D eigenvalue weighted by molar-refractivity contribution is 7.89. The molecule has 0 aliphatic carbocycles. The minimum atomic E-state index is -3.99. The molecular formula is C22H27FN2O5S. The van der Waals surface area contributed by atoms with Gasteiger partial charge in [0.1, 0.15) is 12.4 Å². The molecule has 31 heavy (non-hydrogen) atoms. The van der Waals surface area contributed by atoms with Gasteiger partial charge in [-0.05, 0) is 48.2 Å². The third kappa shape index (κ3) is 6.86. The van der Waals surface area contributed by atoms with E-state index in [0.29, 0.717) is 5.92 Å². The van der Waals surface area contributed by atoms with Gasteiger partial charge in [0.2, 0.25) is 10.0 Å². The summed E-state index contributed by atoms with van der Waals surface area (Å²) < 4.78 is 43.5. The van der Waals surface area contributed by atoms with Gasteiger partial charge in [0, 0.05) is 7.05 Å². The van der Waals surface area contributed by atoms with Crippen molar-refractivity contribution < 1.29 is 27.1 Å². The van der Waals surface area contributed by atoms with E-state index in [1.165, 1.54) is 12.6 Å². The SMILES string of the molecule is CC(C)c1ccc(C(C)NC(=O)COC(=O)CN(C)S(=O)(=O)c2ccc(F)cc2)cc1. The third-order valence-electron chi connectivity index (χ3n) is 4.72. The quantitative estimate of drug-likeness (QED) is 0.593. The number of benzene rings is 2. The molecule has 0 fully saturated rings. The first-order valence-corrected chi connectivity index (χ1v) is 11.2. The first-order valence-electron chi connectivity index (χ1n) is 9.77. The average molecular weight is 451 g/mol. The summed E-state index contributed by atoms with van der Waals surface area (Å²) in [5, 5.41) is 2.73. The van der Waals surface area contributed by atoms with E-state index in [9.17, 15) is 22.4 Å². The second-order valence-electron chi connectivity index (χ2n) is 7.49. The highest BCUT2D eigenvalue weighted by Gasteiger charge is 2.24. The summed E-state index contributed by atoms with van der Waals surface area (Å²) in [6.07, 6.45) is 0. The number of esters is 1. The Balaban J connectivity index is 1.84.